The van der Waals surface area contributed by atoms with E-state index in [2.05, 4.69) is 15.9 Å². The van der Waals surface area contributed by atoms with E-state index in [9.17, 15) is 5.11 Å². The lowest BCUT2D eigenvalue weighted by atomic mass is 9.92. The van der Waals surface area contributed by atoms with Gasteiger partial charge in [0.25, 0.3) is 0 Å². The molecular weight excluding hydrogens is 270 g/mol. The van der Waals surface area contributed by atoms with Crippen LogP contribution in [-0.2, 0) is 6.42 Å². The molecule has 4 heteroatoms. The largest absolute Gasteiger partial charge is 0.504 e. The molecule has 1 aromatic rings. The van der Waals surface area contributed by atoms with Gasteiger partial charge in [-0.1, -0.05) is 15.9 Å². The minimum Gasteiger partial charge on any atom is -0.504 e. The van der Waals surface area contributed by atoms with Crippen molar-refractivity contribution >= 4 is 15.9 Å². The number of hydrogen-bond acceptors (Lipinski definition) is 3. The Balaban J connectivity index is 3.30. The van der Waals surface area contributed by atoms with Crippen molar-refractivity contribution < 1.29 is 9.84 Å². The van der Waals surface area contributed by atoms with Crippen LogP contribution in [0.3, 0.4) is 0 Å². The third-order valence-electron chi connectivity index (χ3n) is 2.44. The van der Waals surface area contributed by atoms with Gasteiger partial charge in [-0.25, -0.2) is 0 Å². The van der Waals surface area contributed by atoms with Gasteiger partial charge in [-0.05, 0) is 38.8 Å². The van der Waals surface area contributed by atoms with Crippen LogP contribution in [0.1, 0.15) is 25.0 Å². The number of halogens is 1. The molecule has 0 amide bonds. The number of hydrogen-bond donors (Lipinski definition) is 2. The van der Waals surface area contributed by atoms with E-state index < -0.39 is 0 Å². The summed E-state index contributed by atoms with van der Waals surface area (Å²) >= 11 is 3.45. The normalized spacial score (nSPS) is 11.6. The van der Waals surface area contributed by atoms with Crippen molar-refractivity contribution in [3.8, 4) is 11.5 Å². The van der Waals surface area contributed by atoms with E-state index in [4.69, 9.17) is 10.5 Å². The molecule has 16 heavy (non-hydrogen) atoms. The molecule has 0 saturated carbocycles. The second-order valence-electron chi connectivity index (χ2n) is 4.68. The lowest BCUT2D eigenvalue weighted by molar-refractivity contribution is 0.366. The molecule has 0 aliphatic heterocycles. The fraction of sp³-hybridized carbons (Fsp3) is 0.500. The average Bonchev–Trinajstić information content (AvgIpc) is 2.17. The molecule has 0 aliphatic carbocycles. The number of benzene rings is 1. The maximum atomic E-state index is 10.1. The zero-order valence-corrected chi connectivity index (χ0v) is 11.7. The van der Waals surface area contributed by atoms with E-state index in [0.29, 0.717) is 12.2 Å². The van der Waals surface area contributed by atoms with Gasteiger partial charge in [-0.3, -0.25) is 0 Å². The Kier molecular flexibility index (Phi) is 3.86. The summed E-state index contributed by atoms with van der Waals surface area (Å²) in [6.07, 6.45) is 0.598. The Labute approximate surface area is 105 Å². The fourth-order valence-electron chi connectivity index (χ4n) is 1.59. The lowest BCUT2D eigenvalue weighted by Crippen LogP contribution is -2.34. The highest BCUT2D eigenvalue weighted by Crippen LogP contribution is 2.38. The van der Waals surface area contributed by atoms with E-state index in [0.717, 1.165) is 15.6 Å². The number of aromatic hydroxyl groups is 1. The number of ether oxygens (including phenoxy) is 1. The second-order valence-corrected chi connectivity index (χ2v) is 5.53. The molecule has 0 aliphatic rings. The quantitative estimate of drug-likeness (QED) is 0.899. The van der Waals surface area contributed by atoms with E-state index in [1.165, 1.54) is 7.11 Å². The van der Waals surface area contributed by atoms with Crippen molar-refractivity contribution in [3.63, 3.8) is 0 Å². The van der Waals surface area contributed by atoms with Crippen LogP contribution in [0, 0.1) is 6.92 Å². The maximum absolute atomic E-state index is 10.1. The van der Waals surface area contributed by atoms with Crippen molar-refractivity contribution in [2.45, 2.75) is 32.7 Å². The van der Waals surface area contributed by atoms with Gasteiger partial charge in [0, 0.05) is 15.6 Å². The Morgan fingerprint density at radius 2 is 2.06 bits per heavy atom. The molecule has 0 radical (unpaired) electrons. The molecule has 0 atom stereocenters. The van der Waals surface area contributed by atoms with E-state index in [-0.39, 0.29) is 11.3 Å². The summed E-state index contributed by atoms with van der Waals surface area (Å²) < 4.78 is 6.03. The molecule has 90 valence electrons. The third kappa shape index (κ3) is 2.89. The standard InChI is InChI=1S/C12H18BrNO2/c1-7-8(6-12(2,3)14)11(15)10(16-4)5-9(7)13/h5,15H,6,14H2,1-4H3. The van der Waals surface area contributed by atoms with Crippen molar-refractivity contribution in [3.05, 3.63) is 21.7 Å². The summed E-state index contributed by atoms with van der Waals surface area (Å²) in [7, 11) is 1.54. The molecule has 0 aromatic heterocycles. The zero-order chi connectivity index (χ0) is 12.5. The highest BCUT2D eigenvalue weighted by molar-refractivity contribution is 9.10. The van der Waals surface area contributed by atoms with Gasteiger partial charge >= 0.3 is 0 Å². The highest BCUT2D eigenvalue weighted by atomic mass is 79.9. The number of phenols is 1. The molecule has 0 fully saturated rings. The summed E-state index contributed by atoms with van der Waals surface area (Å²) in [5.74, 6) is 0.651. The molecule has 1 rings (SSSR count). The first-order chi connectivity index (χ1) is 7.26. The van der Waals surface area contributed by atoms with E-state index in [1.807, 2.05) is 20.8 Å². The van der Waals surface area contributed by atoms with Gasteiger partial charge in [0.15, 0.2) is 11.5 Å². The van der Waals surface area contributed by atoms with Crippen LogP contribution in [0.2, 0.25) is 0 Å². The number of methoxy groups -OCH3 is 1. The van der Waals surface area contributed by atoms with Crippen LogP contribution in [0.4, 0.5) is 0 Å². The fourth-order valence-corrected chi connectivity index (χ4v) is 2.04. The second kappa shape index (κ2) is 4.63. The highest BCUT2D eigenvalue weighted by Gasteiger charge is 2.20. The minimum atomic E-state index is -0.367. The van der Waals surface area contributed by atoms with Crippen LogP contribution in [0.25, 0.3) is 0 Å². The molecule has 1 aromatic carbocycles. The van der Waals surface area contributed by atoms with Crippen LogP contribution in [-0.4, -0.2) is 17.8 Å². The van der Waals surface area contributed by atoms with E-state index in [1.54, 1.807) is 6.07 Å². The predicted octanol–water partition coefficient (Wildman–Crippen LogP) is 2.75. The molecule has 0 saturated heterocycles. The summed E-state index contributed by atoms with van der Waals surface area (Å²) in [5.41, 5.74) is 7.44. The SMILES string of the molecule is COc1cc(Br)c(C)c(CC(C)(C)N)c1O. The van der Waals surface area contributed by atoms with Gasteiger partial charge in [0.05, 0.1) is 7.11 Å². The molecule has 3 N–H and O–H groups in total. The summed E-state index contributed by atoms with van der Waals surface area (Å²) in [4.78, 5) is 0. The molecule has 0 heterocycles. The van der Waals surface area contributed by atoms with Crippen molar-refractivity contribution in [2.24, 2.45) is 5.73 Å². The Bertz CT molecular complexity index is 397. The van der Waals surface area contributed by atoms with Gasteiger partial charge in [0.1, 0.15) is 0 Å². The van der Waals surface area contributed by atoms with Crippen LogP contribution in [0.5, 0.6) is 11.5 Å². The Hall–Kier alpha value is -0.740. The molecular formula is C12H18BrNO2. The predicted molar refractivity (Wildman–Crippen MR) is 69.1 cm³/mol. The van der Waals surface area contributed by atoms with Crippen LogP contribution in [0.15, 0.2) is 10.5 Å². The summed E-state index contributed by atoms with van der Waals surface area (Å²) in [6.45, 7) is 5.81. The molecule has 0 spiro atoms. The minimum absolute atomic E-state index is 0.182. The maximum Gasteiger partial charge on any atom is 0.161 e. The zero-order valence-electron chi connectivity index (χ0n) is 10.1. The molecule has 0 bridgehead atoms. The summed E-state index contributed by atoms with van der Waals surface area (Å²) in [5, 5.41) is 10.1. The summed E-state index contributed by atoms with van der Waals surface area (Å²) in [6, 6.07) is 1.76. The van der Waals surface area contributed by atoms with Crippen molar-refractivity contribution in [1.29, 1.82) is 0 Å². The first-order valence-electron chi connectivity index (χ1n) is 5.10. The number of phenolic OH excluding ortho intramolecular Hbond substituents is 1. The number of rotatable bonds is 3. The lowest BCUT2D eigenvalue weighted by Gasteiger charge is -2.22. The third-order valence-corrected chi connectivity index (χ3v) is 3.26. The van der Waals surface area contributed by atoms with Crippen molar-refractivity contribution in [2.75, 3.05) is 7.11 Å². The number of nitrogens with two attached hydrogens (primary N) is 1. The van der Waals surface area contributed by atoms with Crippen LogP contribution >= 0.6 is 15.9 Å². The Morgan fingerprint density at radius 3 is 2.50 bits per heavy atom. The van der Waals surface area contributed by atoms with E-state index >= 15 is 0 Å². The molecule has 3 nitrogen and oxygen atoms in total. The van der Waals surface area contributed by atoms with Gasteiger partial charge < -0.3 is 15.6 Å². The smallest absolute Gasteiger partial charge is 0.161 e. The van der Waals surface area contributed by atoms with Gasteiger partial charge in [-0.2, -0.15) is 0 Å². The van der Waals surface area contributed by atoms with Gasteiger partial charge in [-0.15, -0.1) is 0 Å². The topological polar surface area (TPSA) is 55.5 Å². The van der Waals surface area contributed by atoms with Crippen molar-refractivity contribution in [1.82, 2.24) is 0 Å². The molecule has 0 unspecified atom stereocenters. The Morgan fingerprint density at radius 1 is 1.50 bits per heavy atom. The van der Waals surface area contributed by atoms with Crippen LogP contribution < -0.4 is 10.5 Å². The first-order valence-corrected chi connectivity index (χ1v) is 5.89. The first kappa shape index (κ1) is 13.3. The monoisotopic (exact) mass is 287 g/mol. The van der Waals surface area contributed by atoms with Gasteiger partial charge in [0.2, 0.25) is 0 Å². The average molecular weight is 288 g/mol.